The number of aliphatic hydroxyl groups is 11. The summed E-state index contributed by atoms with van der Waals surface area (Å²) in [4.78, 5) is 13.4. The van der Waals surface area contributed by atoms with Crippen molar-refractivity contribution in [1.29, 1.82) is 0 Å². The fourth-order valence-corrected chi connectivity index (χ4v) is 13.1. The standard InChI is InChI=1S/C78H141NO18/c1-3-5-7-9-11-13-15-17-19-21-23-24-25-26-27-28-29-30-31-32-33-34-35-36-38-39-41-43-45-47-49-51-53-55-62(83)61(79-66(84)56-54-52-50-48-46-44-42-40-37-22-20-18-16-14-12-10-8-6-4-2)60-92-76-72(90)69(87)74(64(58-81)94-76)97-78-73(91)70(88)75(65(59-82)95-78)96-77-71(89)68(86)67(85)63(57-80)93-77/h6,8,12,14,18,20,37,40,53,55,61-65,67-78,80-83,85-91H,3-5,7,9-11,13,15-17,19,21-36,38-39,41-52,54,56-60H2,1-2H3,(H,79,84)/b8-6-,14-12-,20-18-,40-37-,55-53+. The van der Waals surface area contributed by atoms with Gasteiger partial charge in [0.1, 0.15) is 73.2 Å². The van der Waals surface area contributed by atoms with Crippen LogP contribution in [-0.2, 0) is 33.2 Å². The van der Waals surface area contributed by atoms with Gasteiger partial charge < -0.3 is 89.9 Å². The van der Waals surface area contributed by atoms with Gasteiger partial charge in [0.05, 0.1) is 38.6 Å². The van der Waals surface area contributed by atoms with Crippen LogP contribution in [0, 0.1) is 0 Å². The Morgan fingerprint density at radius 3 is 1.11 bits per heavy atom. The minimum atomic E-state index is -1.98. The van der Waals surface area contributed by atoms with Gasteiger partial charge in [0.25, 0.3) is 0 Å². The van der Waals surface area contributed by atoms with Gasteiger partial charge in [-0.2, -0.15) is 0 Å². The van der Waals surface area contributed by atoms with Gasteiger partial charge >= 0.3 is 0 Å². The molecular weight excluding hydrogens is 1240 g/mol. The number of hydrogen-bond donors (Lipinski definition) is 12. The molecule has 3 fully saturated rings. The quantitative estimate of drug-likeness (QED) is 0.0199. The Bertz CT molecular complexity index is 1990. The van der Waals surface area contributed by atoms with E-state index in [4.69, 9.17) is 28.4 Å². The largest absolute Gasteiger partial charge is 0.394 e. The number of amides is 1. The molecule has 0 saturated carbocycles. The number of unbranched alkanes of at least 4 members (excludes halogenated alkanes) is 37. The second-order valence-corrected chi connectivity index (χ2v) is 27.8. The molecule has 17 atom stereocenters. The van der Waals surface area contributed by atoms with Gasteiger partial charge in [-0.05, 0) is 57.8 Å². The second-order valence-electron chi connectivity index (χ2n) is 27.8. The SMILES string of the molecule is CC/C=C\C/C=C\C/C=C\C/C=C\CCCCCCCCC(=O)NC(COC1OC(CO)C(OC2OC(CO)C(OC3OC(CO)C(O)C(O)C3O)C(O)C2O)C(O)C1O)C(O)/C=C/CCCCCCCCCCCCCCCCCCCCCCCCCCCCCCCCC. The lowest BCUT2D eigenvalue weighted by molar-refractivity contribution is -0.379. The third-order valence-electron chi connectivity index (χ3n) is 19.3. The number of aliphatic hydroxyl groups excluding tert-OH is 11. The molecular formula is C78H141NO18. The zero-order valence-electron chi connectivity index (χ0n) is 60.3. The predicted molar refractivity (Wildman–Crippen MR) is 383 cm³/mol. The molecule has 3 saturated heterocycles. The van der Waals surface area contributed by atoms with Crippen LogP contribution >= 0.6 is 0 Å². The number of carbonyl (C=O) groups is 1. The predicted octanol–water partition coefficient (Wildman–Crippen LogP) is 12.3. The van der Waals surface area contributed by atoms with E-state index in [9.17, 15) is 61.0 Å². The highest BCUT2D eigenvalue weighted by atomic mass is 16.8. The van der Waals surface area contributed by atoms with Crippen molar-refractivity contribution >= 4 is 5.91 Å². The van der Waals surface area contributed by atoms with Gasteiger partial charge in [0.2, 0.25) is 5.91 Å². The summed E-state index contributed by atoms with van der Waals surface area (Å²) in [5.74, 6) is -0.288. The Balaban J connectivity index is 1.37. The van der Waals surface area contributed by atoms with Crippen molar-refractivity contribution in [2.24, 2.45) is 0 Å². The summed E-state index contributed by atoms with van der Waals surface area (Å²) in [5, 5.41) is 121. The summed E-state index contributed by atoms with van der Waals surface area (Å²) in [6.45, 7) is 1.64. The minimum Gasteiger partial charge on any atom is -0.394 e. The van der Waals surface area contributed by atoms with Crippen LogP contribution in [0.2, 0.25) is 0 Å². The smallest absolute Gasteiger partial charge is 0.220 e. The summed E-state index contributed by atoms with van der Waals surface area (Å²) in [7, 11) is 0. The fourth-order valence-electron chi connectivity index (χ4n) is 13.1. The lowest BCUT2D eigenvalue weighted by Gasteiger charge is -2.48. The highest BCUT2D eigenvalue weighted by molar-refractivity contribution is 5.76. The van der Waals surface area contributed by atoms with Crippen LogP contribution < -0.4 is 5.32 Å². The van der Waals surface area contributed by atoms with Crippen molar-refractivity contribution < 1.29 is 89.4 Å². The zero-order valence-corrected chi connectivity index (χ0v) is 60.3. The van der Waals surface area contributed by atoms with Gasteiger partial charge in [-0.1, -0.05) is 293 Å². The number of ether oxygens (including phenoxy) is 6. The lowest BCUT2D eigenvalue weighted by atomic mass is 9.96. The van der Waals surface area contributed by atoms with E-state index >= 15 is 0 Å². The van der Waals surface area contributed by atoms with Crippen LogP contribution in [0.5, 0.6) is 0 Å². The summed E-state index contributed by atoms with van der Waals surface area (Å²) in [6.07, 6.45) is 47.9. The van der Waals surface area contributed by atoms with E-state index in [1.54, 1.807) is 6.08 Å². The maximum absolute atomic E-state index is 13.4. The summed E-state index contributed by atoms with van der Waals surface area (Å²) < 4.78 is 34.4. The number of rotatable bonds is 61. The molecule has 0 aromatic heterocycles. The average molecular weight is 1380 g/mol. The average Bonchev–Trinajstić information content (AvgIpc) is 0.795. The molecule has 3 heterocycles. The summed E-state index contributed by atoms with van der Waals surface area (Å²) in [6, 6.07) is -0.985. The molecule has 0 aromatic carbocycles. The molecule has 0 aromatic rings. The third-order valence-corrected chi connectivity index (χ3v) is 19.3. The van der Waals surface area contributed by atoms with Crippen LogP contribution in [0.4, 0.5) is 0 Å². The molecule has 1 amide bonds. The van der Waals surface area contributed by atoms with Crippen molar-refractivity contribution in [3.8, 4) is 0 Å². The first-order valence-electron chi connectivity index (χ1n) is 39.0. The molecule has 3 rings (SSSR count). The molecule has 17 unspecified atom stereocenters. The van der Waals surface area contributed by atoms with Crippen molar-refractivity contribution in [2.75, 3.05) is 26.4 Å². The van der Waals surface area contributed by atoms with Gasteiger partial charge in [-0.25, -0.2) is 0 Å². The van der Waals surface area contributed by atoms with Gasteiger partial charge in [-0.15, -0.1) is 0 Å². The number of nitrogens with one attached hydrogen (secondary N) is 1. The molecule has 3 aliphatic rings. The molecule has 0 spiro atoms. The molecule has 19 heteroatoms. The van der Waals surface area contributed by atoms with Crippen LogP contribution in [0.15, 0.2) is 60.8 Å². The van der Waals surface area contributed by atoms with Crippen molar-refractivity contribution in [2.45, 2.75) is 401 Å². The van der Waals surface area contributed by atoms with E-state index in [-0.39, 0.29) is 18.9 Å². The van der Waals surface area contributed by atoms with E-state index < -0.39 is 124 Å². The third kappa shape index (κ3) is 39.6. The van der Waals surface area contributed by atoms with Crippen molar-refractivity contribution in [3.05, 3.63) is 60.8 Å². The molecule has 0 aliphatic carbocycles. The summed E-state index contributed by atoms with van der Waals surface area (Å²) >= 11 is 0. The highest BCUT2D eigenvalue weighted by Crippen LogP contribution is 2.33. The van der Waals surface area contributed by atoms with E-state index in [1.807, 2.05) is 6.08 Å². The maximum atomic E-state index is 13.4. The van der Waals surface area contributed by atoms with Crippen molar-refractivity contribution in [3.63, 3.8) is 0 Å². The Morgan fingerprint density at radius 2 is 0.711 bits per heavy atom. The maximum Gasteiger partial charge on any atom is 0.220 e. The summed E-state index contributed by atoms with van der Waals surface area (Å²) in [5.41, 5.74) is 0. The number of carbonyl (C=O) groups excluding carboxylic acids is 1. The molecule has 12 N–H and O–H groups in total. The zero-order chi connectivity index (χ0) is 70.4. The number of allylic oxidation sites excluding steroid dienone is 9. The van der Waals surface area contributed by atoms with Crippen LogP contribution in [0.1, 0.15) is 296 Å². The van der Waals surface area contributed by atoms with E-state index in [0.717, 1.165) is 89.9 Å². The van der Waals surface area contributed by atoms with Gasteiger partial charge in [0, 0.05) is 6.42 Å². The molecule has 0 bridgehead atoms. The highest BCUT2D eigenvalue weighted by Gasteiger charge is 2.53. The first-order chi connectivity index (χ1) is 47.3. The lowest BCUT2D eigenvalue weighted by Crippen LogP contribution is -2.66. The van der Waals surface area contributed by atoms with Crippen LogP contribution in [0.3, 0.4) is 0 Å². The molecule has 97 heavy (non-hydrogen) atoms. The first-order valence-corrected chi connectivity index (χ1v) is 39.0. The van der Waals surface area contributed by atoms with E-state index in [1.165, 1.54) is 180 Å². The second kappa shape index (κ2) is 58.9. The minimum absolute atomic E-state index is 0.225. The normalized spacial score (nSPS) is 27.2. The molecule has 566 valence electrons. The number of hydrogen-bond acceptors (Lipinski definition) is 18. The van der Waals surface area contributed by atoms with Crippen LogP contribution in [0.25, 0.3) is 0 Å². The Morgan fingerprint density at radius 1 is 0.381 bits per heavy atom. The fraction of sp³-hybridized carbons (Fsp3) is 0.859. The topological polar surface area (TPSA) is 307 Å². The molecule has 0 radical (unpaired) electrons. The first kappa shape index (κ1) is 88.7. The molecule has 19 nitrogen and oxygen atoms in total. The Kier molecular flexibility index (Phi) is 53.9. The monoisotopic (exact) mass is 1380 g/mol. The van der Waals surface area contributed by atoms with Crippen molar-refractivity contribution in [1.82, 2.24) is 5.32 Å². The van der Waals surface area contributed by atoms with Gasteiger partial charge in [0.15, 0.2) is 18.9 Å². The molecule has 3 aliphatic heterocycles. The van der Waals surface area contributed by atoms with Gasteiger partial charge in [-0.3, -0.25) is 4.79 Å². The Hall–Kier alpha value is -2.51. The van der Waals surface area contributed by atoms with E-state index in [0.29, 0.717) is 6.42 Å². The Labute approximate surface area is 586 Å². The van der Waals surface area contributed by atoms with E-state index in [2.05, 4.69) is 67.8 Å². The van der Waals surface area contributed by atoms with Crippen LogP contribution in [-0.4, -0.2) is 193 Å².